The van der Waals surface area contributed by atoms with Crippen molar-refractivity contribution in [1.82, 2.24) is 35.6 Å². The molecule has 2 heterocycles. The highest BCUT2D eigenvalue weighted by Crippen LogP contribution is 2.25. The largest absolute Gasteiger partial charge is 0.368 e. The van der Waals surface area contributed by atoms with Crippen LogP contribution in [-0.2, 0) is 4.79 Å². The Hall–Kier alpha value is -4.80. The first-order valence-corrected chi connectivity index (χ1v) is 12.4. The van der Waals surface area contributed by atoms with Gasteiger partial charge in [0.25, 0.3) is 5.91 Å². The number of benzene rings is 2. The fraction of sp³-hybridized carbons (Fsp3) is 0.259. The summed E-state index contributed by atoms with van der Waals surface area (Å²) in [5.41, 5.74) is 3.33. The molecule has 4 N–H and O–H groups in total. The molecular weight excluding hydrogens is 482 g/mol. The zero-order valence-corrected chi connectivity index (χ0v) is 21.7. The second-order valence-electron chi connectivity index (χ2n) is 8.59. The molecule has 0 aliphatic carbocycles. The van der Waals surface area contributed by atoms with Gasteiger partial charge in [-0.15, -0.1) is 5.10 Å². The number of hydrogen-bond donors (Lipinski definition) is 4. The van der Waals surface area contributed by atoms with Crippen molar-refractivity contribution in [3.63, 3.8) is 0 Å². The smallest absolute Gasteiger partial charge is 0.273 e. The van der Waals surface area contributed by atoms with Crippen molar-refractivity contribution in [2.24, 2.45) is 0 Å². The topological polar surface area (TPSA) is 139 Å². The highest BCUT2D eigenvalue weighted by atomic mass is 16.2. The van der Waals surface area contributed by atoms with Crippen LogP contribution in [0.25, 0.3) is 17.1 Å². The van der Waals surface area contributed by atoms with Crippen molar-refractivity contribution in [2.45, 2.75) is 20.8 Å². The van der Waals surface area contributed by atoms with Gasteiger partial charge in [-0.2, -0.15) is 9.90 Å². The quantitative estimate of drug-likeness (QED) is 0.225. The molecule has 38 heavy (non-hydrogen) atoms. The molecule has 2 amide bonds. The maximum atomic E-state index is 12.8. The minimum absolute atomic E-state index is 0.0848. The van der Waals surface area contributed by atoms with E-state index >= 15 is 0 Å². The molecule has 11 nitrogen and oxygen atoms in total. The molecule has 0 saturated heterocycles. The van der Waals surface area contributed by atoms with Crippen molar-refractivity contribution < 1.29 is 9.59 Å². The lowest BCUT2D eigenvalue weighted by Gasteiger charge is -2.16. The first-order valence-electron chi connectivity index (χ1n) is 12.4. The maximum Gasteiger partial charge on any atom is 0.273 e. The number of amides is 2. The highest BCUT2D eigenvalue weighted by Gasteiger charge is 2.16. The van der Waals surface area contributed by atoms with Gasteiger partial charge in [-0.25, -0.2) is 9.97 Å². The van der Waals surface area contributed by atoms with Gasteiger partial charge < -0.3 is 21.3 Å². The Kier molecular flexibility index (Phi) is 8.60. The Bertz CT molecular complexity index is 1390. The molecule has 11 heteroatoms. The molecule has 2 aromatic heterocycles. The van der Waals surface area contributed by atoms with Crippen LogP contribution in [0.5, 0.6) is 0 Å². The van der Waals surface area contributed by atoms with E-state index in [-0.39, 0.29) is 17.5 Å². The van der Waals surface area contributed by atoms with Crippen LogP contribution in [0.2, 0.25) is 0 Å². The number of nitrogens with one attached hydrogen (secondary N) is 4. The second kappa shape index (κ2) is 12.4. The fourth-order valence-corrected chi connectivity index (χ4v) is 3.70. The average molecular weight is 514 g/mol. The third-order valence-electron chi connectivity index (χ3n) is 5.66. The molecule has 196 valence electrons. The summed E-state index contributed by atoms with van der Waals surface area (Å²) < 4.78 is 0. The molecule has 0 bridgehead atoms. The summed E-state index contributed by atoms with van der Waals surface area (Å²) in [7, 11) is 0. The summed E-state index contributed by atoms with van der Waals surface area (Å²) in [6.07, 6.45) is 0. The van der Waals surface area contributed by atoms with E-state index in [4.69, 9.17) is 9.97 Å². The van der Waals surface area contributed by atoms with Crippen LogP contribution in [0.3, 0.4) is 0 Å². The lowest BCUT2D eigenvalue weighted by Crippen LogP contribution is -2.30. The first-order chi connectivity index (χ1) is 18.4. The summed E-state index contributed by atoms with van der Waals surface area (Å²) in [5, 5.41) is 21.0. The van der Waals surface area contributed by atoms with E-state index in [1.165, 1.54) is 11.7 Å². The summed E-state index contributed by atoms with van der Waals surface area (Å²) >= 11 is 0. The number of hydrogen-bond acceptors (Lipinski definition) is 8. The maximum absolute atomic E-state index is 12.8. The Morgan fingerprint density at radius 2 is 1.34 bits per heavy atom. The molecule has 4 aromatic rings. The second-order valence-corrected chi connectivity index (χ2v) is 8.59. The molecule has 0 atom stereocenters. The summed E-state index contributed by atoms with van der Waals surface area (Å²) in [6.45, 7) is 6.95. The van der Waals surface area contributed by atoms with Crippen molar-refractivity contribution in [3.8, 4) is 17.1 Å². The van der Waals surface area contributed by atoms with Gasteiger partial charge in [-0.05, 0) is 26.0 Å². The van der Waals surface area contributed by atoms with Crippen molar-refractivity contribution in [3.05, 3.63) is 77.6 Å². The lowest BCUT2D eigenvalue weighted by molar-refractivity contribution is -0.118. The van der Waals surface area contributed by atoms with E-state index in [9.17, 15) is 9.59 Å². The molecule has 0 spiro atoms. The first kappa shape index (κ1) is 26.3. The van der Waals surface area contributed by atoms with Crippen molar-refractivity contribution in [1.29, 1.82) is 0 Å². The molecule has 0 unspecified atom stereocenters. The van der Waals surface area contributed by atoms with Gasteiger partial charge in [0, 0.05) is 44.2 Å². The Balaban J connectivity index is 1.41. The van der Waals surface area contributed by atoms with Crippen molar-refractivity contribution >= 4 is 23.5 Å². The third kappa shape index (κ3) is 6.69. The van der Waals surface area contributed by atoms with E-state index < -0.39 is 0 Å². The zero-order chi connectivity index (χ0) is 26.9. The number of carbonyl (C=O) groups is 2. The lowest BCUT2D eigenvalue weighted by atomic mass is 10.2. The van der Waals surface area contributed by atoms with Gasteiger partial charge in [0.15, 0.2) is 11.5 Å². The third-order valence-corrected chi connectivity index (χ3v) is 5.66. The van der Waals surface area contributed by atoms with Crippen LogP contribution >= 0.6 is 0 Å². The zero-order valence-electron chi connectivity index (χ0n) is 21.7. The van der Waals surface area contributed by atoms with Gasteiger partial charge >= 0.3 is 0 Å². The van der Waals surface area contributed by atoms with Crippen LogP contribution in [0.4, 0.5) is 11.6 Å². The van der Waals surface area contributed by atoms with Crippen LogP contribution in [0.1, 0.15) is 28.7 Å². The Morgan fingerprint density at radius 3 is 1.95 bits per heavy atom. The van der Waals surface area contributed by atoms with Crippen LogP contribution < -0.4 is 21.3 Å². The Morgan fingerprint density at radius 1 is 0.763 bits per heavy atom. The molecule has 4 rings (SSSR count). The predicted molar refractivity (Wildman–Crippen MR) is 146 cm³/mol. The highest BCUT2D eigenvalue weighted by molar-refractivity contribution is 5.93. The van der Waals surface area contributed by atoms with Gasteiger partial charge in [0.1, 0.15) is 11.6 Å². The molecular formula is C27H31N9O2. The minimum atomic E-state index is -0.295. The summed E-state index contributed by atoms with van der Waals surface area (Å²) in [5.74, 6) is 1.51. The van der Waals surface area contributed by atoms with E-state index in [0.29, 0.717) is 49.3 Å². The molecule has 0 radical (unpaired) electrons. The monoisotopic (exact) mass is 513 g/mol. The number of anilines is 2. The Labute approximate surface area is 221 Å². The number of aryl methyl sites for hydroxylation is 1. The normalized spacial score (nSPS) is 10.6. The van der Waals surface area contributed by atoms with Crippen LogP contribution in [-0.4, -0.2) is 63.0 Å². The van der Waals surface area contributed by atoms with Gasteiger partial charge in [-0.1, -0.05) is 48.5 Å². The number of aromatic nitrogens is 5. The van der Waals surface area contributed by atoms with E-state index in [0.717, 1.165) is 16.8 Å². The molecule has 0 saturated carbocycles. The van der Waals surface area contributed by atoms with Crippen LogP contribution in [0.15, 0.2) is 60.7 Å². The van der Waals surface area contributed by atoms with E-state index in [2.05, 4.69) is 31.5 Å². The van der Waals surface area contributed by atoms with Gasteiger partial charge in [0.05, 0.1) is 11.4 Å². The summed E-state index contributed by atoms with van der Waals surface area (Å²) in [6, 6.07) is 19.1. The predicted octanol–water partition coefficient (Wildman–Crippen LogP) is 2.73. The van der Waals surface area contributed by atoms with Gasteiger partial charge in [0.2, 0.25) is 5.91 Å². The van der Waals surface area contributed by atoms with E-state index in [1.807, 2.05) is 67.6 Å². The fourth-order valence-electron chi connectivity index (χ4n) is 3.70. The molecule has 2 aromatic carbocycles. The SMILES string of the molecule is CC(=O)NCCNc1nc(-c2ccccc2)nc(NCCNC(=O)c2nn(-c3ccccc3)nc2C)c1C. The number of carbonyl (C=O) groups excluding carboxylic acids is 2. The standard InChI is InChI=1S/C27H31N9O2/c1-18-24(29-15-14-28-20(3)37)32-26(21-10-6-4-7-11-21)33-25(18)30-16-17-31-27(38)23-19(2)34-36(35-23)22-12-8-5-9-13-22/h4-13H,14-17H2,1-3H3,(H,28,37)(H,31,38)(H2,29,30,32,33). The number of rotatable bonds is 11. The number of nitrogens with zero attached hydrogens (tertiary/aromatic N) is 5. The summed E-state index contributed by atoms with van der Waals surface area (Å²) in [4.78, 5) is 34.8. The van der Waals surface area contributed by atoms with Crippen molar-refractivity contribution in [2.75, 3.05) is 36.8 Å². The average Bonchev–Trinajstić information content (AvgIpc) is 3.33. The van der Waals surface area contributed by atoms with Gasteiger partial charge in [-0.3, -0.25) is 9.59 Å². The molecule has 0 aliphatic heterocycles. The molecule has 0 aliphatic rings. The molecule has 0 fully saturated rings. The number of para-hydroxylation sites is 1. The minimum Gasteiger partial charge on any atom is -0.368 e. The van der Waals surface area contributed by atoms with Crippen LogP contribution in [0, 0.1) is 13.8 Å². The van der Waals surface area contributed by atoms with E-state index in [1.54, 1.807) is 6.92 Å².